The van der Waals surface area contributed by atoms with Crippen LogP contribution in [0.2, 0.25) is 0 Å². The zero-order chi connectivity index (χ0) is 13.7. The fourth-order valence-electron chi connectivity index (χ4n) is 1.77. The number of halogens is 1. The highest BCUT2D eigenvalue weighted by molar-refractivity contribution is 9.10. The quantitative estimate of drug-likeness (QED) is 0.755. The molecule has 0 bridgehead atoms. The number of aliphatic hydroxyl groups excluding tert-OH is 1. The summed E-state index contributed by atoms with van der Waals surface area (Å²) < 4.78 is 0.548. The number of carbonyl (C=O) groups is 1. The highest BCUT2D eigenvalue weighted by Crippen LogP contribution is 2.26. The lowest BCUT2D eigenvalue weighted by atomic mass is 10.0. The number of carboxylic acid groups (broad SMARTS) is 1. The predicted octanol–water partition coefficient (Wildman–Crippen LogP) is 2.97. The van der Waals surface area contributed by atoms with Gasteiger partial charge in [0.25, 0.3) is 0 Å². The summed E-state index contributed by atoms with van der Waals surface area (Å²) in [7, 11) is 0. The summed E-state index contributed by atoms with van der Waals surface area (Å²) in [5, 5.41) is 21.4. The van der Waals surface area contributed by atoms with Crippen LogP contribution in [0, 0.1) is 5.92 Å². The number of hydrogen-bond donors (Lipinski definition) is 3. The Balaban J connectivity index is 3.02. The summed E-state index contributed by atoms with van der Waals surface area (Å²) in [6, 6.07) is 5.27. The first-order valence-electron chi connectivity index (χ1n) is 5.86. The van der Waals surface area contributed by atoms with Crippen molar-refractivity contribution in [1.29, 1.82) is 0 Å². The molecule has 0 saturated carbocycles. The Hall–Kier alpha value is -1.07. The van der Waals surface area contributed by atoms with Crippen molar-refractivity contribution in [2.75, 3.05) is 11.9 Å². The zero-order valence-electron chi connectivity index (χ0n) is 10.5. The number of aliphatic hydroxyl groups is 1. The van der Waals surface area contributed by atoms with Gasteiger partial charge in [0.15, 0.2) is 0 Å². The van der Waals surface area contributed by atoms with Gasteiger partial charge in [-0.25, -0.2) is 4.79 Å². The Morgan fingerprint density at radius 1 is 1.44 bits per heavy atom. The van der Waals surface area contributed by atoms with Gasteiger partial charge in [0, 0.05) is 17.1 Å². The van der Waals surface area contributed by atoms with Crippen molar-refractivity contribution < 1.29 is 15.0 Å². The SMILES string of the molecule is CC(C)C(CCO)Nc1cccc(Br)c1C(=O)O. The van der Waals surface area contributed by atoms with Crippen molar-refractivity contribution in [3.8, 4) is 0 Å². The van der Waals surface area contributed by atoms with Crippen molar-refractivity contribution in [3.05, 3.63) is 28.2 Å². The van der Waals surface area contributed by atoms with E-state index in [1.165, 1.54) is 0 Å². The maximum atomic E-state index is 11.2. The molecule has 1 atom stereocenters. The monoisotopic (exact) mass is 315 g/mol. The van der Waals surface area contributed by atoms with Crippen LogP contribution in [0.25, 0.3) is 0 Å². The van der Waals surface area contributed by atoms with E-state index >= 15 is 0 Å². The standard InChI is InChI=1S/C13H18BrNO3/c1-8(2)10(6-7-16)15-11-5-3-4-9(14)12(11)13(17)18/h3-5,8,10,15-16H,6-7H2,1-2H3,(H,17,18). The van der Waals surface area contributed by atoms with Crippen molar-refractivity contribution in [3.63, 3.8) is 0 Å². The van der Waals surface area contributed by atoms with Gasteiger partial charge in [-0.15, -0.1) is 0 Å². The van der Waals surface area contributed by atoms with Gasteiger partial charge in [-0.05, 0) is 40.4 Å². The number of anilines is 1. The third kappa shape index (κ3) is 3.71. The van der Waals surface area contributed by atoms with E-state index in [4.69, 9.17) is 5.11 Å². The summed E-state index contributed by atoms with van der Waals surface area (Å²) in [6.07, 6.45) is 0.587. The van der Waals surface area contributed by atoms with Crippen molar-refractivity contribution in [2.24, 2.45) is 5.92 Å². The molecule has 0 radical (unpaired) electrons. The van der Waals surface area contributed by atoms with Crippen LogP contribution in [0.5, 0.6) is 0 Å². The van der Waals surface area contributed by atoms with Crippen LogP contribution in [-0.2, 0) is 0 Å². The largest absolute Gasteiger partial charge is 0.478 e. The molecular weight excluding hydrogens is 298 g/mol. The van der Waals surface area contributed by atoms with Crippen molar-refractivity contribution in [1.82, 2.24) is 0 Å². The maximum absolute atomic E-state index is 11.2. The van der Waals surface area contributed by atoms with Crippen LogP contribution < -0.4 is 5.32 Å². The molecule has 0 aliphatic heterocycles. The smallest absolute Gasteiger partial charge is 0.338 e. The third-order valence-corrected chi connectivity index (χ3v) is 3.47. The lowest BCUT2D eigenvalue weighted by Gasteiger charge is -2.24. The molecule has 1 aromatic carbocycles. The van der Waals surface area contributed by atoms with Gasteiger partial charge >= 0.3 is 5.97 Å². The Morgan fingerprint density at radius 3 is 2.61 bits per heavy atom. The molecule has 0 fully saturated rings. The Labute approximate surface area is 115 Å². The minimum Gasteiger partial charge on any atom is -0.478 e. The Bertz CT molecular complexity index is 421. The molecule has 0 heterocycles. The molecule has 3 N–H and O–H groups in total. The molecule has 0 aliphatic carbocycles. The summed E-state index contributed by atoms with van der Waals surface area (Å²) in [6.45, 7) is 4.14. The maximum Gasteiger partial charge on any atom is 0.338 e. The Kier molecular flexibility index (Phi) is 5.62. The van der Waals surface area contributed by atoms with Crippen LogP contribution in [0.4, 0.5) is 5.69 Å². The van der Waals surface area contributed by atoms with Crippen LogP contribution >= 0.6 is 15.9 Å². The summed E-state index contributed by atoms with van der Waals surface area (Å²) >= 11 is 3.24. The van der Waals surface area contributed by atoms with E-state index in [0.29, 0.717) is 22.5 Å². The van der Waals surface area contributed by atoms with Crippen LogP contribution in [0.3, 0.4) is 0 Å². The van der Waals surface area contributed by atoms with E-state index in [1.807, 2.05) is 13.8 Å². The second-order valence-electron chi connectivity index (χ2n) is 4.47. The van der Waals surface area contributed by atoms with Gasteiger partial charge in [-0.1, -0.05) is 19.9 Å². The minimum atomic E-state index is -0.975. The molecule has 5 heteroatoms. The molecule has 0 spiro atoms. The minimum absolute atomic E-state index is 0.0439. The fourth-order valence-corrected chi connectivity index (χ4v) is 2.31. The molecule has 0 aliphatic rings. The highest BCUT2D eigenvalue weighted by Gasteiger charge is 2.18. The summed E-state index contributed by atoms with van der Waals surface area (Å²) in [5.41, 5.74) is 0.796. The topological polar surface area (TPSA) is 69.6 Å². The molecule has 0 aromatic heterocycles. The van der Waals surface area contributed by atoms with E-state index in [1.54, 1.807) is 18.2 Å². The molecular formula is C13H18BrNO3. The third-order valence-electron chi connectivity index (χ3n) is 2.81. The van der Waals surface area contributed by atoms with E-state index in [0.717, 1.165) is 0 Å². The highest BCUT2D eigenvalue weighted by atomic mass is 79.9. The van der Waals surface area contributed by atoms with Gasteiger partial charge in [0.2, 0.25) is 0 Å². The predicted molar refractivity (Wildman–Crippen MR) is 75.1 cm³/mol. The number of benzene rings is 1. The summed E-state index contributed by atoms with van der Waals surface area (Å²) in [5.74, 6) is -0.672. The number of nitrogens with one attached hydrogen (secondary N) is 1. The normalized spacial score (nSPS) is 12.5. The second-order valence-corrected chi connectivity index (χ2v) is 5.33. The molecule has 1 rings (SSSR count). The first-order chi connectivity index (χ1) is 8.47. The van der Waals surface area contributed by atoms with Crippen molar-refractivity contribution >= 4 is 27.6 Å². The number of aromatic carboxylic acids is 1. The van der Waals surface area contributed by atoms with Gasteiger partial charge in [-0.3, -0.25) is 0 Å². The van der Waals surface area contributed by atoms with E-state index < -0.39 is 5.97 Å². The van der Waals surface area contributed by atoms with Gasteiger partial charge in [0.05, 0.1) is 11.3 Å². The van der Waals surface area contributed by atoms with Crippen molar-refractivity contribution in [2.45, 2.75) is 26.3 Å². The first kappa shape index (κ1) is 15.0. The van der Waals surface area contributed by atoms with E-state index in [2.05, 4.69) is 21.2 Å². The van der Waals surface area contributed by atoms with Gasteiger partial charge in [0.1, 0.15) is 0 Å². The molecule has 1 aromatic rings. The number of carboxylic acids is 1. The number of rotatable bonds is 6. The molecule has 1 unspecified atom stereocenters. The van der Waals surface area contributed by atoms with E-state index in [9.17, 15) is 9.90 Å². The molecule has 100 valence electrons. The zero-order valence-corrected chi connectivity index (χ0v) is 12.1. The molecule has 18 heavy (non-hydrogen) atoms. The van der Waals surface area contributed by atoms with Crippen LogP contribution in [0.1, 0.15) is 30.6 Å². The van der Waals surface area contributed by atoms with Crippen LogP contribution in [-0.4, -0.2) is 28.8 Å². The average molecular weight is 316 g/mol. The second kappa shape index (κ2) is 6.75. The Morgan fingerprint density at radius 2 is 2.11 bits per heavy atom. The lowest BCUT2D eigenvalue weighted by Crippen LogP contribution is -2.27. The summed E-state index contributed by atoms with van der Waals surface area (Å²) in [4.78, 5) is 11.2. The fraction of sp³-hybridized carbons (Fsp3) is 0.462. The molecule has 0 saturated heterocycles. The van der Waals surface area contributed by atoms with Gasteiger partial charge < -0.3 is 15.5 Å². The first-order valence-corrected chi connectivity index (χ1v) is 6.65. The van der Waals surface area contributed by atoms with Gasteiger partial charge in [-0.2, -0.15) is 0 Å². The lowest BCUT2D eigenvalue weighted by molar-refractivity contribution is 0.0697. The van der Waals surface area contributed by atoms with Crippen LogP contribution in [0.15, 0.2) is 22.7 Å². The van der Waals surface area contributed by atoms with E-state index in [-0.39, 0.29) is 18.2 Å². The number of hydrogen-bond acceptors (Lipinski definition) is 3. The average Bonchev–Trinajstić information content (AvgIpc) is 2.27. The molecule has 4 nitrogen and oxygen atoms in total. The molecule has 0 amide bonds.